The van der Waals surface area contributed by atoms with Crippen molar-refractivity contribution in [1.82, 2.24) is 20.1 Å². The van der Waals surface area contributed by atoms with Gasteiger partial charge >= 0.3 is 0 Å². The van der Waals surface area contributed by atoms with Crippen LogP contribution in [0.3, 0.4) is 0 Å². The molecule has 0 amide bonds. The summed E-state index contributed by atoms with van der Waals surface area (Å²) in [6, 6.07) is 0. The molecule has 0 unspecified atom stereocenters. The van der Waals surface area contributed by atoms with Gasteiger partial charge in [0.25, 0.3) is 0 Å². The molecule has 0 bridgehead atoms. The minimum atomic E-state index is 0.147. The number of rotatable bonds is 3. The van der Waals surface area contributed by atoms with Crippen LogP contribution in [0, 0.1) is 6.92 Å². The van der Waals surface area contributed by atoms with E-state index in [1.165, 1.54) is 6.20 Å². The number of anilines is 2. The summed E-state index contributed by atoms with van der Waals surface area (Å²) in [5, 5.41) is 6.96. The minimum Gasteiger partial charge on any atom is -0.368 e. The third-order valence-electron chi connectivity index (χ3n) is 1.74. The van der Waals surface area contributed by atoms with Crippen LogP contribution >= 0.6 is 11.6 Å². The maximum atomic E-state index is 5.86. The van der Waals surface area contributed by atoms with Crippen molar-refractivity contribution in [2.75, 3.05) is 11.1 Å². The average Bonchev–Trinajstić information content (AvgIpc) is 2.66. The molecule has 8 heteroatoms. The molecule has 0 spiro atoms. The van der Waals surface area contributed by atoms with Crippen LogP contribution in [-0.4, -0.2) is 20.1 Å². The molecular formula is C8H9ClN6O. The lowest BCUT2D eigenvalue weighted by Gasteiger charge is -2.04. The minimum absolute atomic E-state index is 0.147. The highest BCUT2D eigenvalue weighted by Gasteiger charge is 2.06. The van der Waals surface area contributed by atoms with Crippen molar-refractivity contribution in [2.45, 2.75) is 13.5 Å². The molecule has 0 saturated carbocycles. The first kappa shape index (κ1) is 10.6. The summed E-state index contributed by atoms with van der Waals surface area (Å²) < 4.78 is 4.91. The standard InChI is InChI=1S/C8H9ClN6O/c1-4-13-6(16-15-4)3-11-7-5(9)2-12-8(10)14-7/h2H,3H2,1H3,(H3,10,11,12,14). The molecule has 2 aromatic rings. The van der Waals surface area contributed by atoms with Crippen LogP contribution in [0.4, 0.5) is 11.8 Å². The van der Waals surface area contributed by atoms with E-state index in [0.29, 0.717) is 29.1 Å². The molecule has 2 rings (SSSR count). The Kier molecular flexibility index (Phi) is 2.86. The van der Waals surface area contributed by atoms with Gasteiger partial charge in [0.2, 0.25) is 11.8 Å². The van der Waals surface area contributed by atoms with Gasteiger partial charge in [-0.3, -0.25) is 0 Å². The third-order valence-corrected chi connectivity index (χ3v) is 2.02. The number of hydrogen-bond acceptors (Lipinski definition) is 7. The topological polar surface area (TPSA) is 103 Å². The fourth-order valence-electron chi connectivity index (χ4n) is 1.08. The van der Waals surface area contributed by atoms with Gasteiger partial charge in [0.15, 0.2) is 11.6 Å². The lowest BCUT2D eigenvalue weighted by Crippen LogP contribution is -2.05. The Morgan fingerprint density at radius 3 is 3.00 bits per heavy atom. The summed E-state index contributed by atoms with van der Waals surface area (Å²) >= 11 is 5.86. The molecule has 0 aliphatic rings. The third kappa shape index (κ3) is 2.37. The number of aromatic nitrogens is 4. The van der Waals surface area contributed by atoms with Gasteiger partial charge in [-0.1, -0.05) is 16.8 Å². The second-order valence-electron chi connectivity index (χ2n) is 3.01. The molecule has 0 aliphatic carbocycles. The summed E-state index contributed by atoms with van der Waals surface area (Å²) in [7, 11) is 0. The zero-order valence-electron chi connectivity index (χ0n) is 8.44. The molecule has 0 saturated heterocycles. The fourth-order valence-corrected chi connectivity index (χ4v) is 1.23. The number of nitrogens with zero attached hydrogens (tertiary/aromatic N) is 4. The van der Waals surface area contributed by atoms with Crippen molar-refractivity contribution in [3.8, 4) is 0 Å². The molecule has 7 nitrogen and oxygen atoms in total. The van der Waals surface area contributed by atoms with Crippen molar-refractivity contribution < 1.29 is 4.52 Å². The van der Waals surface area contributed by atoms with Gasteiger partial charge in [0.05, 0.1) is 12.7 Å². The zero-order valence-corrected chi connectivity index (χ0v) is 9.19. The van der Waals surface area contributed by atoms with Crippen LogP contribution in [0.1, 0.15) is 11.7 Å². The van der Waals surface area contributed by atoms with E-state index in [4.69, 9.17) is 21.9 Å². The molecule has 0 radical (unpaired) electrons. The van der Waals surface area contributed by atoms with Crippen LogP contribution in [0.5, 0.6) is 0 Å². The molecule has 0 fully saturated rings. The fraction of sp³-hybridized carbons (Fsp3) is 0.250. The highest BCUT2D eigenvalue weighted by atomic mass is 35.5. The van der Waals surface area contributed by atoms with Gasteiger partial charge in [0.1, 0.15) is 5.02 Å². The summed E-state index contributed by atoms with van der Waals surface area (Å²) in [4.78, 5) is 11.7. The van der Waals surface area contributed by atoms with Gasteiger partial charge in [-0.15, -0.1) is 0 Å². The molecule has 3 N–H and O–H groups in total. The number of nitrogens with two attached hydrogens (primary N) is 1. The molecule has 16 heavy (non-hydrogen) atoms. The van der Waals surface area contributed by atoms with Crippen LogP contribution in [0.25, 0.3) is 0 Å². The highest BCUT2D eigenvalue weighted by molar-refractivity contribution is 6.32. The van der Waals surface area contributed by atoms with E-state index in [1.54, 1.807) is 6.92 Å². The number of nitrogens with one attached hydrogen (secondary N) is 1. The SMILES string of the molecule is Cc1noc(CNc2nc(N)ncc2Cl)n1. The van der Waals surface area contributed by atoms with Crippen molar-refractivity contribution in [1.29, 1.82) is 0 Å². The Morgan fingerprint density at radius 2 is 2.31 bits per heavy atom. The van der Waals surface area contributed by atoms with Crippen molar-refractivity contribution in [3.05, 3.63) is 22.9 Å². The van der Waals surface area contributed by atoms with E-state index in [-0.39, 0.29) is 5.95 Å². The number of halogens is 1. The summed E-state index contributed by atoms with van der Waals surface area (Å²) in [6.45, 7) is 2.07. The molecule has 0 atom stereocenters. The monoisotopic (exact) mass is 240 g/mol. The zero-order chi connectivity index (χ0) is 11.5. The predicted octanol–water partition coefficient (Wildman–Crippen LogP) is 1.02. The number of hydrogen-bond donors (Lipinski definition) is 2. The number of aryl methyl sites for hydroxylation is 1. The molecule has 2 aromatic heterocycles. The predicted molar refractivity (Wildman–Crippen MR) is 57.8 cm³/mol. The van der Waals surface area contributed by atoms with Gasteiger partial charge in [0, 0.05) is 0 Å². The Labute approximate surface area is 96.0 Å². The highest BCUT2D eigenvalue weighted by Crippen LogP contribution is 2.18. The first-order valence-electron chi connectivity index (χ1n) is 4.46. The molecule has 0 aromatic carbocycles. The summed E-state index contributed by atoms with van der Waals surface area (Å²) in [5.74, 6) is 1.61. The van der Waals surface area contributed by atoms with Gasteiger partial charge in [-0.25, -0.2) is 4.98 Å². The van der Waals surface area contributed by atoms with Crippen LogP contribution in [0.15, 0.2) is 10.7 Å². The quantitative estimate of drug-likeness (QED) is 0.825. The lowest BCUT2D eigenvalue weighted by molar-refractivity contribution is 0.379. The molecular weight excluding hydrogens is 232 g/mol. The van der Waals surface area contributed by atoms with E-state index in [9.17, 15) is 0 Å². The second-order valence-corrected chi connectivity index (χ2v) is 3.42. The molecule has 84 valence electrons. The normalized spacial score (nSPS) is 10.4. The first-order valence-corrected chi connectivity index (χ1v) is 4.84. The second kappa shape index (κ2) is 4.31. The molecule has 0 aliphatic heterocycles. The number of nitrogen functional groups attached to an aromatic ring is 1. The van der Waals surface area contributed by atoms with E-state index in [1.807, 2.05) is 0 Å². The van der Waals surface area contributed by atoms with Gasteiger partial charge in [-0.05, 0) is 6.92 Å². The van der Waals surface area contributed by atoms with E-state index in [0.717, 1.165) is 0 Å². The van der Waals surface area contributed by atoms with Crippen molar-refractivity contribution in [3.63, 3.8) is 0 Å². The lowest BCUT2D eigenvalue weighted by atomic mass is 10.5. The van der Waals surface area contributed by atoms with E-state index >= 15 is 0 Å². The van der Waals surface area contributed by atoms with Gasteiger partial charge < -0.3 is 15.6 Å². The molecule has 2 heterocycles. The summed E-state index contributed by atoms with van der Waals surface area (Å²) in [6.07, 6.45) is 1.42. The smallest absolute Gasteiger partial charge is 0.245 e. The van der Waals surface area contributed by atoms with Crippen LogP contribution < -0.4 is 11.1 Å². The average molecular weight is 241 g/mol. The Bertz CT molecular complexity index is 499. The Hall–Kier alpha value is -1.89. The Balaban J connectivity index is 2.07. The van der Waals surface area contributed by atoms with Crippen molar-refractivity contribution >= 4 is 23.4 Å². The van der Waals surface area contributed by atoms with Crippen LogP contribution in [-0.2, 0) is 6.54 Å². The van der Waals surface area contributed by atoms with E-state index < -0.39 is 0 Å². The van der Waals surface area contributed by atoms with E-state index in [2.05, 4.69) is 25.4 Å². The summed E-state index contributed by atoms with van der Waals surface area (Å²) in [5.41, 5.74) is 5.43. The maximum Gasteiger partial charge on any atom is 0.245 e. The largest absolute Gasteiger partial charge is 0.368 e. The van der Waals surface area contributed by atoms with Gasteiger partial charge in [-0.2, -0.15) is 9.97 Å². The Morgan fingerprint density at radius 1 is 1.50 bits per heavy atom. The maximum absolute atomic E-state index is 5.86. The van der Waals surface area contributed by atoms with Crippen LogP contribution in [0.2, 0.25) is 5.02 Å². The first-order chi connectivity index (χ1) is 7.65. The van der Waals surface area contributed by atoms with Crippen molar-refractivity contribution in [2.24, 2.45) is 0 Å².